The number of nitrogens with one attached hydrogen (secondary N) is 1. The van der Waals surface area contributed by atoms with Gasteiger partial charge in [0.05, 0.1) is 18.6 Å². The third-order valence-corrected chi connectivity index (χ3v) is 3.08. The molecule has 1 aromatic carbocycles. The van der Waals surface area contributed by atoms with E-state index < -0.39 is 17.4 Å². The van der Waals surface area contributed by atoms with Crippen LogP contribution in [0.5, 0.6) is 0 Å². The third-order valence-electron chi connectivity index (χ3n) is 2.28. The number of carbonyl (C=O) groups excluding carboxylic acids is 2. The van der Waals surface area contributed by atoms with Gasteiger partial charge in [-0.2, -0.15) is 13.2 Å². The van der Waals surface area contributed by atoms with Crippen LogP contribution in [0.2, 0.25) is 0 Å². The van der Waals surface area contributed by atoms with Gasteiger partial charge in [0.15, 0.2) is 0 Å². The van der Waals surface area contributed by atoms with Gasteiger partial charge < -0.3 is 10.1 Å². The summed E-state index contributed by atoms with van der Waals surface area (Å²) in [6, 6.07) is 5.41. The van der Waals surface area contributed by atoms with Crippen LogP contribution in [0.4, 0.5) is 13.2 Å². The van der Waals surface area contributed by atoms with Gasteiger partial charge in [-0.15, -0.1) is 0 Å². The van der Waals surface area contributed by atoms with Crippen LogP contribution in [0, 0.1) is 0 Å². The number of benzene rings is 1. The molecule has 0 aliphatic carbocycles. The smallest absolute Gasteiger partial charge is 0.446 e. The Labute approximate surface area is 124 Å². The Balaban J connectivity index is 2.64. The minimum Gasteiger partial charge on any atom is -0.466 e. The fourth-order valence-corrected chi connectivity index (χ4v) is 2.14. The number of amides is 1. The number of halogens is 3. The van der Waals surface area contributed by atoms with Crippen LogP contribution in [-0.2, 0) is 9.53 Å². The normalized spacial score (nSPS) is 11.0. The summed E-state index contributed by atoms with van der Waals surface area (Å²) in [6.07, 6.45) is -0.0336. The molecule has 1 rings (SSSR count). The summed E-state index contributed by atoms with van der Waals surface area (Å²) in [7, 11) is 0. The topological polar surface area (TPSA) is 55.4 Å². The van der Waals surface area contributed by atoms with Crippen molar-refractivity contribution in [1.82, 2.24) is 5.32 Å². The van der Waals surface area contributed by atoms with Crippen LogP contribution in [0.3, 0.4) is 0 Å². The molecule has 0 atom stereocenters. The average molecular weight is 321 g/mol. The Kier molecular flexibility index (Phi) is 6.54. The van der Waals surface area contributed by atoms with Gasteiger partial charge >= 0.3 is 11.5 Å². The van der Waals surface area contributed by atoms with Crippen molar-refractivity contribution < 1.29 is 27.5 Å². The number of rotatable bonds is 6. The molecule has 0 spiro atoms. The summed E-state index contributed by atoms with van der Waals surface area (Å²) in [5.41, 5.74) is -4.55. The van der Waals surface area contributed by atoms with Crippen molar-refractivity contribution in [1.29, 1.82) is 0 Å². The molecule has 8 heteroatoms. The Hall–Kier alpha value is -1.70. The number of ether oxygens (including phenoxy) is 1. The number of alkyl halides is 3. The monoisotopic (exact) mass is 321 g/mol. The number of thioether (sulfide) groups is 1. The van der Waals surface area contributed by atoms with Crippen LogP contribution in [-0.4, -0.2) is 30.5 Å². The Morgan fingerprint density at radius 1 is 1.29 bits per heavy atom. The van der Waals surface area contributed by atoms with Gasteiger partial charge in [-0.3, -0.25) is 9.59 Å². The molecule has 1 aromatic rings. The zero-order valence-electron chi connectivity index (χ0n) is 11.2. The lowest BCUT2D eigenvalue weighted by molar-refractivity contribution is -0.142. The van der Waals surface area contributed by atoms with Crippen LogP contribution < -0.4 is 5.32 Å². The summed E-state index contributed by atoms with van der Waals surface area (Å²) in [6.45, 7) is 1.89. The second-order valence-corrected chi connectivity index (χ2v) is 4.96. The molecule has 0 radical (unpaired) electrons. The van der Waals surface area contributed by atoms with Crippen molar-refractivity contribution in [2.24, 2.45) is 0 Å². The van der Waals surface area contributed by atoms with Gasteiger partial charge in [0.2, 0.25) is 0 Å². The first-order valence-corrected chi connectivity index (χ1v) is 6.93. The first kappa shape index (κ1) is 17.4. The van der Waals surface area contributed by atoms with Gasteiger partial charge in [-0.05, 0) is 30.8 Å². The molecule has 21 heavy (non-hydrogen) atoms. The van der Waals surface area contributed by atoms with E-state index in [0.717, 1.165) is 0 Å². The van der Waals surface area contributed by atoms with E-state index in [1.807, 2.05) is 0 Å². The maximum atomic E-state index is 12.4. The highest BCUT2D eigenvalue weighted by molar-refractivity contribution is 8.00. The number of carbonyl (C=O) groups is 2. The summed E-state index contributed by atoms with van der Waals surface area (Å²) >= 11 is -0.349. The largest absolute Gasteiger partial charge is 0.466 e. The van der Waals surface area contributed by atoms with Gasteiger partial charge in [0.1, 0.15) is 0 Å². The summed E-state index contributed by atoms with van der Waals surface area (Å²) < 4.78 is 41.9. The van der Waals surface area contributed by atoms with E-state index in [-0.39, 0.29) is 41.8 Å². The standard InChI is InChI=1S/C13H14F3NO3S/c1-2-20-11(18)7-8-17-12(19)9-5-3-4-6-10(9)21-13(14,15)16/h3-6H,2,7-8H2,1H3,(H,17,19). The SMILES string of the molecule is CCOC(=O)CCNC(=O)c1ccccc1SC(F)(F)F. The van der Waals surface area contributed by atoms with E-state index in [2.05, 4.69) is 10.1 Å². The minimum atomic E-state index is -4.47. The molecule has 0 bridgehead atoms. The van der Waals surface area contributed by atoms with Gasteiger partial charge in [0, 0.05) is 11.4 Å². The van der Waals surface area contributed by atoms with Crippen LogP contribution >= 0.6 is 11.8 Å². The first-order valence-electron chi connectivity index (χ1n) is 6.12. The highest BCUT2D eigenvalue weighted by Crippen LogP contribution is 2.38. The van der Waals surface area contributed by atoms with E-state index in [9.17, 15) is 22.8 Å². The zero-order chi connectivity index (χ0) is 15.9. The minimum absolute atomic E-state index is 0.00266. The second-order valence-electron chi connectivity index (χ2n) is 3.85. The van der Waals surface area contributed by atoms with Crippen molar-refractivity contribution in [2.45, 2.75) is 23.7 Å². The molecule has 0 unspecified atom stereocenters. The number of hydrogen-bond donors (Lipinski definition) is 1. The fourth-order valence-electron chi connectivity index (χ4n) is 1.47. The van der Waals surface area contributed by atoms with Gasteiger partial charge in [-0.25, -0.2) is 0 Å². The fraction of sp³-hybridized carbons (Fsp3) is 0.385. The van der Waals surface area contributed by atoms with E-state index in [1.54, 1.807) is 6.92 Å². The van der Waals surface area contributed by atoms with Crippen LogP contribution in [0.25, 0.3) is 0 Å². The predicted octanol–water partition coefficient (Wildman–Crippen LogP) is 2.98. The molecule has 1 N–H and O–H groups in total. The first-order chi connectivity index (χ1) is 9.83. The Bertz CT molecular complexity index is 506. The molecule has 0 saturated carbocycles. The Morgan fingerprint density at radius 3 is 2.57 bits per heavy atom. The summed E-state index contributed by atoms with van der Waals surface area (Å²) in [5, 5.41) is 2.39. The van der Waals surface area contributed by atoms with E-state index >= 15 is 0 Å². The molecule has 4 nitrogen and oxygen atoms in total. The molecule has 0 fully saturated rings. The third kappa shape index (κ3) is 6.52. The van der Waals surface area contributed by atoms with E-state index in [1.165, 1.54) is 24.3 Å². The number of hydrogen-bond acceptors (Lipinski definition) is 4. The highest BCUT2D eigenvalue weighted by atomic mass is 32.2. The highest BCUT2D eigenvalue weighted by Gasteiger charge is 2.31. The quantitative estimate of drug-likeness (QED) is 0.646. The molecule has 0 heterocycles. The van der Waals surface area contributed by atoms with Crippen molar-refractivity contribution in [3.8, 4) is 0 Å². The zero-order valence-corrected chi connectivity index (χ0v) is 12.0. The van der Waals surface area contributed by atoms with Crippen molar-refractivity contribution in [3.05, 3.63) is 29.8 Å². The Morgan fingerprint density at radius 2 is 1.95 bits per heavy atom. The summed E-state index contributed by atoms with van der Waals surface area (Å²) in [5.74, 6) is -1.14. The molecule has 0 aliphatic rings. The average Bonchev–Trinajstić information content (AvgIpc) is 2.37. The van der Waals surface area contributed by atoms with Gasteiger partial charge in [-0.1, -0.05) is 12.1 Å². The second kappa shape index (κ2) is 7.92. The lowest BCUT2D eigenvalue weighted by Gasteiger charge is -2.11. The molecule has 1 amide bonds. The van der Waals surface area contributed by atoms with Gasteiger partial charge in [0.25, 0.3) is 5.91 Å². The molecule has 0 saturated heterocycles. The van der Waals surface area contributed by atoms with Crippen LogP contribution in [0.1, 0.15) is 23.7 Å². The van der Waals surface area contributed by atoms with Crippen molar-refractivity contribution >= 4 is 23.6 Å². The lowest BCUT2D eigenvalue weighted by Crippen LogP contribution is -2.27. The maximum Gasteiger partial charge on any atom is 0.446 e. The molecule has 116 valence electrons. The van der Waals surface area contributed by atoms with Crippen molar-refractivity contribution in [3.63, 3.8) is 0 Å². The molecular formula is C13H14F3NO3S. The lowest BCUT2D eigenvalue weighted by atomic mass is 10.2. The van der Waals surface area contributed by atoms with E-state index in [4.69, 9.17) is 0 Å². The molecule has 0 aliphatic heterocycles. The van der Waals surface area contributed by atoms with Crippen molar-refractivity contribution in [2.75, 3.05) is 13.2 Å². The number of esters is 1. The molecular weight excluding hydrogens is 307 g/mol. The summed E-state index contributed by atoms with van der Waals surface area (Å²) in [4.78, 5) is 22.8. The maximum absolute atomic E-state index is 12.4. The van der Waals surface area contributed by atoms with Crippen LogP contribution in [0.15, 0.2) is 29.2 Å². The predicted molar refractivity (Wildman–Crippen MR) is 71.9 cm³/mol. The molecule has 0 aromatic heterocycles. The van der Waals surface area contributed by atoms with E-state index in [0.29, 0.717) is 0 Å².